The molecule has 1 aromatic rings. The highest BCUT2D eigenvalue weighted by molar-refractivity contribution is 5.90. The zero-order valence-corrected chi connectivity index (χ0v) is 20.8. The maximum atomic E-state index is 14.0. The second-order valence-electron chi connectivity index (χ2n) is 10.8. The van der Waals surface area contributed by atoms with Crippen molar-refractivity contribution in [2.75, 3.05) is 32.1 Å². The second-order valence-corrected chi connectivity index (χ2v) is 10.8. The molecule has 3 saturated heterocycles. The van der Waals surface area contributed by atoms with Gasteiger partial charge in [-0.1, -0.05) is 6.07 Å². The number of hydrogen-bond donors (Lipinski definition) is 0. The van der Waals surface area contributed by atoms with Gasteiger partial charge in [0, 0.05) is 44.1 Å². The molecular formula is C26H32N2O7. The van der Waals surface area contributed by atoms with E-state index in [2.05, 4.69) is 11.0 Å². The number of carbonyl (C=O) groups excluding carboxylic acids is 3. The van der Waals surface area contributed by atoms with Crippen LogP contribution in [0.5, 0.6) is 5.75 Å². The fourth-order valence-electron chi connectivity index (χ4n) is 8.69. The van der Waals surface area contributed by atoms with E-state index in [-0.39, 0.29) is 6.04 Å². The van der Waals surface area contributed by atoms with Crippen LogP contribution >= 0.6 is 0 Å². The molecule has 9 nitrogen and oxygen atoms in total. The van der Waals surface area contributed by atoms with Gasteiger partial charge in [0.15, 0.2) is 6.10 Å². The topological polar surface area (TPSA) is 94.6 Å². The van der Waals surface area contributed by atoms with Crippen molar-refractivity contribution < 1.29 is 33.3 Å². The molecule has 6 rings (SSSR count). The molecule has 2 bridgehead atoms. The van der Waals surface area contributed by atoms with E-state index in [1.807, 2.05) is 31.0 Å². The summed E-state index contributed by atoms with van der Waals surface area (Å²) in [4.78, 5) is 43.7. The van der Waals surface area contributed by atoms with Crippen LogP contribution in [-0.4, -0.2) is 79.9 Å². The first-order valence-electron chi connectivity index (χ1n) is 12.4. The molecule has 1 aliphatic carbocycles. The van der Waals surface area contributed by atoms with Crippen molar-refractivity contribution in [2.24, 2.45) is 5.41 Å². The van der Waals surface area contributed by atoms with Crippen molar-refractivity contribution in [1.29, 1.82) is 0 Å². The number of cyclic esters (lactones) is 1. The molecule has 9 heteroatoms. The zero-order chi connectivity index (χ0) is 24.9. The lowest BCUT2D eigenvalue weighted by molar-refractivity contribution is -0.295. The molecule has 1 aromatic carbocycles. The van der Waals surface area contributed by atoms with Crippen molar-refractivity contribution >= 4 is 23.6 Å². The Morgan fingerprint density at radius 2 is 1.89 bits per heavy atom. The maximum Gasteiger partial charge on any atom is 0.357 e. The van der Waals surface area contributed by atoms with Gasteiger partial charge >= 0.3 is 17.9 Å². The van der Waals surface area contributed by atoms with Crippen LogP contribution in [0.3, 0.4) is 0 Å². The van der Waals surface area contributed by atoms with Gasteiger partial charge in [-0.15, -0.1) is 0 Å². The number of methoxy groups -OCH3 is 1. The number of benzene rings is 1. The number of ether oxygens (including phenoxy) is 4. The fourth-order valence-corrected chi connectivity index (χ4v) is 8.69. The quantitative estimate of drug-likeness (QED) is 0.470. The van der Waals surface area contributed by atoms with Crippen LogP contribution in [0.15, 0.2) is 18.2 Å². The van der Waals surface area contributed by atoms with Crippen molar-refractivity contribution in [3.63, 3.8) is 0 Å². The molecule has 2 spiro atoms. The molecule has 1 saturated carbocycles. The summed E-state index contributed by atoms with van der Waals surface area (Å²) in [6, 6.07) is 5.36. The number of anilines is 1. The Morgan fingerprint density at radius 1 is 1.11 bits per heavy atom. The van der Waals surface area contributed by atoms with Gasteiger partial charge < -0.3 is 23.8 Å². The van der Waals surface area contributed by atoms with Crippen molar-refractivity contribution in [3.8, 4) is 5.75 Å². The predicted octanol–water partition coefficient (Wildman–Crippen LogP) is 1.80. The maximum absolute atomic E-state index is 14.0. The first kappa shape index (κ1) is 22.6. The third-order valence-corrected chi connectivity index (χ3v) is 9.43. The minimum absolute atomic E-state index is 0.0537. The lowest BCUT2D eigenvalue weighted by Gasteiger charge is -2.68. The standard InChI is InChI=1S/C26H32N2O7/c1-14-24-9-6-11-28-12-10-25(20(24)28)18-8-7-17(32-5)13-19(18)27(4)21(25)26(23(31)33-14,35-16(3)30)22(24)34-15(2)29/h7-8,13-14,20-22H,6,9-12H2,1-5H3/t14-,20+,21-,22-,24+,25-,26+/m1/s1. The lowest BCUT2D eigenvalue weighted by Crippen LogP contribution is -2.87. The van der Waals surface area contributed by atoms with Crippen LogP contribution < -0.4 is 9.64 Å². The highest BCUT2D eigenvalue weighted by atomic mass is 16.6. The lowest BCUT2D eigenvalue weighted by atomic mass is 9.45. The van der Waals surface area contributed by atoms with E-state index in [0.717, 1.165) is 37.2 Å². The number of fused-ring (bicyclic) bond motifs is 3. The van der Waals surface area contributed by atoms with Gasteiger partial charge in [0.1, 0.15) is 11.9 Å². The number of nitrogens with zero attached hydrogens (tertiary/aromatic N) is 2. The normalized spacial score (nSPS) is 40.8. The van der Waals surface area contributed by atoms with Gasteiger partial charge in [-0.2, -0.15) is 0 Å². The minimum atomic E-state index is -1.80. The molecule has 5 aliphatic rings. The Labute approximate surface area is 204 Å². The number of esters is 3. The van der Waals surface area contributed by atoms with Gasteiger partial charge in [-0.3, -0.25) is 14.5 Å². The van der Waals surface area contributed by atoms with Crippen LogP contribution in [0.1, 0.15) is 45.6 Å². The Balaban J connectivity index is 1.71. The van der Waals surface area contributed by atoms with E-state index in [1.165, 1.54) is 13.8 Å². The van der Waals surface area contributed by atoms with Gasteiger partial charge in [-0.05, 0) is 50.9 Å². The van der Waals surface area contributed by atoms with Crippen molar-refractivity contribution in [2.45, 2.75) is 75.3 Å². The summed E-state index contributed by atoms with van der Waals surface area (Å²) in [5.74, 6) is -1.05. The molecular weight excluding hydrogens is 452 g/mol. The van der Waals surface area contributed by atoms with E-state index >= 15 is 0 Å². The second kappa shape index (κ2) is 7.12. The molecule has 7 atom stereocenters. The van der Waals surface area contributed by atoms with Gasteiger partial charge in [0.2, 0.25) is 0 Å². The predicted molar refractivity (Wildman–Crippen MR) is 124 cm³/mol. The molecule has 188 valence electrons. The highest BCUT2D eigenvalue weighted by Gasteiger charge is 2.86. The van der Waals surface area contributed by atoms with E-state index in [0.29, 0.717) is 12.2 Å². The highest BCUT2D eigenvalue weighted by Crippen LogP contribution is 2.70. The summed E-state index contributed by atoms with van der Waals surface area (Å²) in [6.07, 6.45) is 0.893. The Morgan fingerprint density at radius 3 is 2.57 bits per heavy atom. The average Bonchev–Trinajstić information content (AvgIpc) is 3.31. The first-order chi connectivity index (χ1) is 16.6. The molecule has 4 fully saturated rings. The van der Waals surface area contributed by atoms with Crippen LogP contribution in [0, 0.1) is 5.41 Å². The Kier molecular flexibility index (Phi) is 4.61. The summed E-state index contributed by atoms with van der Waals surface area (Å²) in [5, 5.41) is 0. The first-order valence-corrected chi connectivity index (χ1v) is 12.4. The molecule has 0 unspecified atom stereocenters. The summed E-state index contributed by atoms with van der Waals surface area (Å²) in [6.45, 7) is 6.30. The fraction of sp³-hybridized carbons (Fsp3) is 0.654. The summed E-state index contributed by atoms with van der Waals surface area (Å²) in [7, 11) is 3.54. The van der Waals surface area contributed by atoms with Gasteiger partial charge in [0.25, 0.3) is 5.60 Å². The van der Waals surface area contributed by atoms with Gasteiger partial charge in [-0.25, -0.2) is 4.79 Å². The minimum Gasteiger partial charge on any atom is -0.497 e. The Bertz CT molecular complexity index is 1140. The SMILES string of the molecule is COc1ccc2c(c1)N(C)[C@H]1[C@@]3(OC(C)=O)C(=O)O[C@H](C)[C@]4(CCCN5CC[C@]21[C@@H]54)[C@H]3OC(C)=O. The molecule has 0 N–H and O–H groups in total. The average molecular weight is 485 g/mol. The van der Waals surface area contributed by atoms with E-state index in [9.17, 15) is 14.4 Å². The van der Waals surface area contributed by atoms with E-state index < -0.39 is 52.6 Å². The number of carbonyl (C=O) groups is 3. The molecule has 0 radical (unpaired) electrons. The summed E-state index contributed by atoms with van der Waals surface area (Å²) in [5.41, 5.74) is -0.990. The number of rotatable bonds is 3. The molecule has 0 amide bonds. The monoisotopic (exact) mass is 484 g/mol. The van der Waals surface area contributed by atoms with Gasteiger partial charge in [0.05, 0.1) is 18.6 Å². The number of hydrogen-bond acceptors (Lipinski definition) is 9. The van der Waals surface area contributed by atoms with E-state index in [4.69, 9.17) is 18.9 Å². The smallest absolute Gasteiger partial charge is 0.357 e. The van der Waals surface area contributed by atoms with E-state index in [1.54, 1.807) is 7.11 Å². The summed E-state index contributed by atoms with van der Waals surface area (Å²) >= 11 is 0. The van der Waals surface area contributed by atoms with Crippen LogP contribution in [-0.2, 0) is 34.0 Å². The third-order valence-electron chi connectivity index (χ3n) is 9.43. The molecule has 4 heterocycles. The van der Waals surface area contributed by atoms with Crippen LogP contribution in [0.25, 0.3) is 0 Å². The molecule has 35 heavy (non-hydrogen) atoms. The summed E-state index contributed by atoms with van der Waals surface area (Å²) < 4.78 is 23.8. The molecule has 0 aromatic heterocycles. The van der Waals surface area contributed by atoms with Crippen LogP contribution in [0.2, 0.25) is 0 Å². The number of piperidine rings is 1. The Hall–Kier alpha value is -2.81. The van der Waals surface area contributed by atoms with Crippen molar-refractivity contribution in [1.82, 2.24) is 4.90 Å². The zero-order valence-electron chi connectivity index (χ0n) is 20.8. The molecule has 4 aliphatic heterocycles. The van der Waals surface area contributed by atoms with Crippen molar-refractivity contribution in [3.05, 3.63) is 23.8 Å². The van der Waals surface area contributed by atoms with Crippen LogP contribution in [0.4, 0.5) is 5.69 Å². The number of likely N-dealkylation sites (N-methyl/N-ethyl adjacent to an activating group) is 1. The largest absolute Gasteiger partial charge is 0.497 e. The third kappa shape index (κ3) is 2.45.